The van der Waals surface area contributed by atoms with Crippen LogP contribution in [0, 0.1) is 0 Å². The van der Waals surface area contributed by atoms with E-state index in [4.69, 9.17) is 5.73 Å². The van der Waals surface area contributed by atoms with Crippen LogP contribution in [-0.2, 0) is 0 Å². The Morgan fingerprint density at radius 2 is 2.12 bits per heavy atom. The maximum absolute atomic E-state index is 5.97. The average Bonchev–Trinajstić information content (AvgIpc) is 2.93. The zero-order valence-electron chi connectivity index (χ0n) is 8.86. The van der Waals surface area contributed by atoms with Crippen molar-refractivity contribution in [3.63, 3.8) is 0 Å². The van der Waals surface area contributed by atoms with Gasteiger partial charge in [-0.25, -0.2) is 9.67 Å². The van der Waals surface area contributed by atoms with Crippen molar-refractivity contribution in [1.82, 2.24) is 14.8 Å². The predicted octanol–water partition coefficient (Wildman–Crippen LogP) is 2.84. The molecule has 0 unspecified atom stereocenters. The number of halogens is 1. The molecule has 16 heavy (non-hydrogen) atoms. The largest absolute Gasteiger partial charge is 0.396 e. The summed E-state index contributed by atoms with van der Waals surface area (Å²) in [6.45, 7) is 0. The molecule has 0 radical (unpaired) electrons. The summed E-state index contributed by atoms with van der Waals surface area (Å²) in [4.78, 5) is 4.36. The topological polar surface area (TPSA) is 56.7 Å². The van der Waals surface area contributed by atoms with Crippen molar-refractivity contribution in [2.24, 2.45) is 0 Å². The lowest BCUT2D eigenvalue weighted by atomic mass is 10.2. The molecule has 0 atom stereocenters. The van der Waals surface area contributed by atoms with E-state index in [1.807, 2.05) is 10.7 Å². The molecule has 5 heteroatoms. The third-order valence-electron chi connectivity index (χ3n) is 3.27. The van der Waals surface area contributed by atoms with E-state index in [0.29, 0.717) is 11.7 Å². The number of aromatic nitrogens is 3. The first-order valence-corrected chi connectivity index (χ1v) is 6.35. The van der Waals surface area contributed by atoms with Gasteiger partial charge in [-0.2, -0.15) is 5.10 Å². The SMILES string of the molecule is Nc1c2ccnc-2n(C2CCCC2)nc1Br. The van der Waals surface area contributed by atoms with Gasteiger partial charge in [-0.1, -0.05) is 12.8 Å². The molecule has 0 aromatic heterocycles. The van der Waals surface area contributed by atoms with Crippen LogP contribution in [-0.4, -0.2) is 14.8 Å². The Hall–Kier alpha value is -1.10. The van der Waals surface area contributed by atoms with E-state index in [0.717, 1.165) is 16.0 Å². The zero-order chi connectivity index (χ0) is 11.1. The standard InChI is InChI=1S/C11H13BrN4/c12-10-9(13)8-5-6-14-11(8)16(15-10)7-3-1-2-4-7/h5-7H,1-4,13H2. The minimum absolute atomic E-state index is 0.481. The summed E-state index contributed by atoms with van der Waals surface area (Å²) in [5.74, 6) is 0.910. The first-order valence-electron chi connectivity index (χ1n) is 5.55. The van der Waals surface area contributed by atoms with Crippen LogP contribution in [0.1, 0.15) is 31.7 Å². The number of hydrogen-bond donors (Lipinski definition) is 1. The highest BCUT2D eigenvalue weighted by molar-refractivity contribution is 9.10. The van der Waals surface area contributed by atoms with Gasteiger partial charge in [0.25, 0.3) is 0 Å². The van der Waals surface area contributed by atoms with Crippen molar-refractivity contribution in [2.45, 2.75) is 31.7 Å². The summed E-state index contributed by atoms with van der Waals surface area (Å²) in [7, 11) is 0. The molecular weight excluding hydrogens is 268 g/mol. The van der Waals surface area contributed by atoms with Crippen LogP contribution in [0.3, 0.4) is 0 Å². The van der Waals surface area contributed by atoms with Gasteiger partial charge in [-0.05, 0) is 34.8 Å². The summed E-state index contributed by atoms with van der Waals surface area (Å²) < 4.78 is 2.75. The number of nitrogen functional groups attached to an aromatic ring is 1. The van der Waals surface area contributed by atoms with Gasteiger partial charge in [0.05, 0.1) is 11.7 Å². The van der Waals surface area contributed by atoms with Gasteiger partial charge >= 0.3 is 0 Å². The molecule has 1 saturated carbocycles. The number of anilines is 1. The normalized spacial score (nSPS) is 17.3. The maximum Gasteiger partial charge on any atom is 0.158 e. The summed E-state index contributed by atoms with van der Waals surface area (Å²) >= 11 is 3.41. The second kappa shape index (κ2) is 3.73. The van der Waals surface area contributed by atoms with E-state index in [-0.39, 0.29) is 0 Å². The molecule has 4 nitrogen and oxygen atoms in total. The monoisotopic (exact) mass is 280 g/mol. The van der Waals surface area contributed by atoms with E-state index in [9.17, 15) is 0 Å². The Bertz CT molecular complexity index is 487. The predicted molar refractivity (Wildman–Crippen MR) is 66.3 cm³/mol. The van der Waals surface area contributed by atoms with E-state index >= 15 is 0 Å². The van der Waals surface area contributed by atoms with E-state index in [1.54, 1.807) is 6.20 Å². The van der Waals surface area contributed by atoms with E-state index in [2.05, 4.69) is 26.0 Å². The van der Waals surface area contributed by atoms with Crippen molar-refractivity contribution >= 4 is 21.6 Å². The zero-order valence-corrected chi connectivity index (χ0v) is 10.4. The molecule has 2 heterocycles. The smallest absolute Gasteiger partial charge is 0.158 e. The third kappa shape index (κ3) is 1.42. The number of rotatable bonds is 1. The van der Waals surface area contributed by atoms with E-state index in [1.165, 1.54) is 25.7 Å². The average molecular weight is 281 g/mol. The third-order valence-corrected chi connectivity index (χ3v) is 3.86. The highest BCUT2D eigenvalue weighted by atomic mass is 79.9. The molecule has 0 saturated heterocycles. The molecule has 3 rings (SSSR count). The minimum atomic E-state index is 0.481. The summed E-state index contributed by atoms with van der Waals surface area (Å²) in [5.41, 5.74) is 7.64. The van der Waals surface area contributed by atoms with Crippen LogP contribution in [0.15, 0.2) is 16.9 Å². The quantitative estimate of drug-likeness (QED) is 0.874. The van der Waals surface area contributed by atoms with Gasteiger partial charge in [0.2, 0.25) is 0 Å². The van der Waals surface area contributed by atoms with Gasteiger partial charge in [0.1, 0.15) is 4.60 Å². The Morgan fingerprint density at radius 3 is 2.88 bits per heavy atom. The van der Waals surface area contributed by atoms with Gasteiger partial charge in [0.15, 0.2) is 5.82 Å². The molecule has 0 spiro atoms. The molecule has 1 fully saturated rings. The molecule has 84 valence electrons. The van der Waals surface area contributed by atoms with Crippen LogP contribution >= 0.6 is 15.9 Å². The van der Waals surface area contributed by atoms with Gasteiger partial charge < -0.3 is 5.73 Å². The number of fused-ring (bicyclic) bond motifs is 1. The highest BCUT2D eigenvalue weighted by Crippen LogP contribution is 2.37. The molecule has 3 aliphatic rings. The molecule has 1 aliphatic carbocycles. The summed E-state index contributed by atoms with van der Waals surface area (Å²) in [5, 5.41) is 4.50. The first kappa shape index (κ1) is 10.1. The fourth-order valence-electron chi connectivity index (χ4n) is 2.43. The lowest BCUT2D eigenvalue weighted by Crippen LogP contribution is -2.15. The molecule has 0 aromatic carbocycles. The van der Waals surface area contributed by atoms with Gasteiger partial charge in [0, 0.05) is 11.8 Å². The van der Waals surface area contributed by atoms with Crippen LogP contribution in [0.5, 0.6) is 0 Å². The van der Waals surface area contributed by atoms with Crippen LogP contribution < -0.4 is 5.73 Å². The van der Waals surface area contributed by atoms with Crippen molar-refractivity contribution in [3.05, 3.63) is 16.9 Å². The Balaban J connectivity index is 2.17. The molecule has 0 amide bonds. The van der Waals surface area contributed by atoms with Crippen LogP contribution in [0.2, 0.25) is 0 Å². The van der Waals surface area contributed by atoms with E-state index < -0.39 is 0 Å². The number of nitrogens with two attached hydrogens (primary N) is 1. The summed E-state index contributed by atoms with van der Waals surface area (Å²) in [6, 6.07) is 2.43. The highest BCUT2D eigenvalue weighted by Gasteiger charge is 2.24. The van der Waals surface area contributed by atoms with Crippen LogP contribution in [0.25, 0.3) is 11.4 Å². The minimum Gasteiger partial charge on any atom is -0.396 e. The molecule has 2 N–H and O–H groups in total. The van der Waals surface area contributed by atoms with Crippen molar-refractivity contribution in [3.8, 4) is 11.4 Å². The second-order valence-electron chi connectivity index (χ2n) is 4.27. The Morgan fingerprint density at radius 1 is 1.38 bits per heavy atom. The first-order chi connectivity index (χ1) is 7.77. The van der Waals surface area contributed by atoms with Gasteiger partial charge in [-0.15, -0.1) is 0 Å². The second-order valence-corrected chi connectivity index (χ2v) is 5.02. The fraction of sp³-hybridized carbons (Fsp3) is 0.455. The lowest BCUT2D eigenvalue weighted by Gasteiger charge is -2.18. The van der Waals surface area contributed by atoms with Crippen molar-refractivity contribution < 1.29 is 0 Å². The molecule has 2 aliphatic heterocycles. The number of hydrogen-bond acceptors (Lipinski definition) is 3. The molecule has 0 bridgehead atoms. The van der Waals surface area contributed by atoms with Crippen molar-refractivity contribution in [2.75, 3.05) is 5.73 Å². The Labute approximate surface area is 102 Å². The number of nitrogens with zero attached hydrogens (tertiary/aromatic N) is 3. The maximum atomic E-state index is 5.97. The van der Waals surface area contributed by atoms with Crippen molar-refractivity contribution in [1.29, 1.82) is 0 Å². The fourth-order valence-corrected chi connectivity index (χ4v) is 2.81. The van der Waals surface area contributed by atoms with Crippen LogP contribution in [0.4, 0.5) is 5.69 Å². The Kier molecular flexibility index (Phi) is 2.35. The van der Waals surface area contributed by atoms with Gasteiger partial charge in [-0.3, -0.25) is 0 Å². The lowest BCUT2D eigenvalue weighted by molar-refractivity contribution is 0.456. The molecule has 0 aromatic rings. The molecular formula is C11H13BrN4. The summed E-state index contributed by atoms with van der Waals surface area (Å²) in [6.07, 6.45) is 6.74.